The lowest BCUT2D eigenvalue weighted by molar-refractivity contribution is -0.144. The number of carbonyl (C=O) groups excluding carboxylic acids is 1. The van der Waals surface area contributed by atoms with Gasteiger partial charge in [0.25, 0.3) is 0 Å². The average molecular weight is 246 g/mol. The van der Waals surface area contributed by atoms with Gasteiger partial charge in [-0.3, -0.25) is 4.79 Å². The van der Waals surface area contributed by atoms with E-state index < -0.39 is 0 Å². The number of halogens is 1. The van der Waals surface area contributed by atoms with Gasteiger partial charge in [-0.1, -0.05) is 25.4 Å². The van der Waals surface area contributed by atoms with Crippen molar-refractivity contribution in [3.63, 3.8) is 0 Å². The minimum Gasteiger partial charge on any atom is -0.465 e. The molecule has 0 saturated heterocycles. The minimum atomic E-state index is -0.372. The Kier molecular flexibility index (Phi) is 4.18. The first-order valence-corrected chi connectivity index (χ1v) is 5.52. The number of rotatable bonds is 4. The summed E-state index contributed by atoms with van der Waals surface area (Å²) in [6.45, 7) is 6.00. The van der Waals surface area contributed by atoms with Crippen LogP contribution in [0.15, 0.2) is 0 Å². The number of aromatic nitrogens is 2. The number of anilines is 1. The molecule has 0 aliphatic rings. The predicted molar refractivity (Wildman–Crippen MR) is 62.4 cm³/mol. The van der Waals surface area contributed by atoms with Gasteiger partial charge in [0.1, 0.15) is 17.4 Å². The van der Waals surface area contributed by atoms with E-state index in [-0.39, 0.29) is 18.4 Å². The average Bonchev–Trinajstić information content (AvgIpc) is 2.46. The lowest BCUT2D eigenvalue weighted by Gasteiger charge is -2.03. The van der Waals surface area contributed by atoms with E-state index >= 15 is 0 Å². The van der Waals surface area contributed by atoms with Gasteiger partial charge in [0, 0.05) is 0 Å². The Morgan fingerprint density at radius 1 is 1.62 bits per heavy atom. The predicted octanol–water partition coefficient (Wildman–Crippen LogP) is 1.81. The Hall–Kier alpha value is -1.23. The van der Waals surface area contributed by atoms with Crippen LogP contribution in [0.3, 0.4) is 0 Å². The Bertz CT molecular complexity index is 388. The van der Waals surface area contributed by atoms with Gasteiger partial charge in [0.15, 0.2) is 0 Å². The maximum Gasteiger partial charge on any atom is 0.327 e. The van der Waals surface area contributed by atoms with E-state index in [9.17, 15) is 4.79 Å². The zero-order chi connectivity index (χ0) is 12.3. The van der Waals surface area contributed by atoms with Crippen LogP contribution < -0.4 is 5.73 Å². The molecular weight excluding hydrogens is 230 g/mol. The van der Waals surface area contributed by atoms with Crippen molar-refractivity contribution in [3.8, 4) is 0 Å². The molecule has 5 nitrogen and oxygen atoms in total. The molecule has 1 rings (SSSR count). The van der Waals surface area contributed by atoms with E-state index in [0.29, 0.717) is 23.1 Å². The summed E-state index contributed by atoms with van der Waals surface area (Å²) >= 11 is 6.01. The van der Waals surface area contributed by atoms with E-state index in [0.717, 1.165) is 0 Å². The van der Waals surface area contributed by atoms with Crippen molar-refractivity contribution in [1.29, 1.82) is 0 Å². The Labute approximate surface area is 99.5 Å². The fourth-order valence-electron chi connectivity index (χ4n) is 1.29. The first kappa shape index (κ1) is 12.8. The molecule has 0 unspecified atom stereocenters. The van der Waals surface area contributed by atoms with Crippen molar-refractivity contribution in [2.45, 2.75) is 33.2 Å². The number of hydrogen-bond donors (Lipinski definition) is 1. The number of nitrogens with zero attached hydrogens (tertiary/aromatic N) is 2. The summed E-state index contributed by atoms with van der Waals surface area (Å²) < 4.78 is 6.18. The molecule has 0 saturated carbocycles. The summed E-state index contributed by atoms with van der Waals surface area (Å²) in [5.41, 5.74) is 6.44. The summed E-state index contributed by atoms with van der Waals surface area (Å²) in [7, 11) is 0. The number of hydrogen-bond acceptors (Lipinski definition) is 4. The maximum absolute atomic E-state index is 11.3. The van der Waals surface area contributed by atoms with Crippen LogP contribution in [0.5, 0.6) is 0 Å². The molecule has 0 fully saturated rings. The first-order chi connectivity index (χ1) is 7.47. The van der Waals surface area contributed by atoms with Crippen LogP contribution in [0.25, 0.3) is 0 Å². The van der Waals surface area contributed by atoms with Gasteiger partial charge in [-0.15, -0.1) is 0 Å². The smallest absolute Gasteiger partial charge is 0.327 e. The van der Waals surface area contributed by atoms with Gasteiger partial charge >= 0.3 is 5.97 Å². The highest BCUT2D eigenvalue weighted by Gasteiger charge is 2.17. The molecule has 0 spiro atoms. The molecule has 0 aliphatic heterocycles. The molecule has 1 aromatic rings. The normalized spacial score (nSPS) is 10.8. The van der Waals surface area contributed by atoms with Crippen LogP contribution in [0.1, 0.15) is 32.4 Å². The van der Waals surface area contributed by atoms with Gasteiger partial charge in [0.2, 0.25) is 0 Å². The Morgan fingerprint density at radius 2 is 2.25 bits per heavy atom. The van der Waals surface area contributed by atoms with Crippen LogP contribution in [-0.4, -0.2) is 22.4 Å². The fraction of sp³-hybridized carbons (Fsp3) is 0.600. The van der Waals surface area contributed by atoms with Crippen molar-refractivity contribution in [1.82, 2.24) is 9.78 Å². The van der Waals surface area contributed by atoms with Crippen molar-refractivity contribution in [3.05, 3.63) is 10.7 Å². The Balaban J connectivity index is 2.89. The lowest BCUT2D eigenvalue weighted by atomic mass is 10.1. The second-order valence-corrected chi connectivity index (χ2v) is 4.08. The van der Waals surface area contributed by atoms with Gasteiger partial charge in [-0.05, 0) is 12.8 Å². The van der Waals surface area contributed by atoms with Crippen LogP contribution in [0.4, 0.5) is 5.82 Å². The summed E-state index contributed by atoms with van der Waals surface area (Å²) in [6, 6.07) is 0. The SMILES string of the molecule is CCOC(=O)Cn1nc(C(C)C)c(Cl)c1N. The standard InChI is InChI=1S/C10H16ClN3O2/c1-4-16-7(15)5-14-10(12)8(11)9(13-14)6(2)3/h6H,4-5,12H2,1-3H3. The molecule has 0 aromatic carbocycles. The van der Waals surface area contributed by atoms with Crippen molar-refractivity contribution in [2.75, 3.05) is 12.3 Å². The van der Waals surface area contributed by atoms with Crippen molar-refractivity contribution < 1.29 is 9.53 Å². The molecule has 6 heteroatoms. The molecule has 0 atom stereocenters. The summed E-state index contributed by atoms with van der Waals surface area (Å²) in [5, 5.41) is 4.61. The lowest BCUT2D eigenvalue weighted by Crippen LogP contribution is -2.16. The minimum absolute atomic E-state index is 0.00782. The zero-order valence-electron chi connectivity index (χ0n) is 9.66. The number of ether oxygens (including phenoxy) is 1. The molecule has 16 heavy (non-hydrogen) atoms. The van der Waals surface area contributed by atoms with Crippen molar-refractivity contribution >= 4 is 23.4 Å². The topological polar surface area (TPSA) is 70.1 Å². The molecule has 90 valence electrons. The second kappa shape index (κ2) is 5.21. The van der Waals surface area contributed by atoms with E-state index in [1.54, 1.807) is 6.92 Å². The summed E-state index contributed by atoms with van der Waals surface area (Å²) in [4.78, 5) is 11.3. The van der Waals surface area contributed by atoms with E-state index in [1.807, 2.05) is 13.8 Å². The molecule has 1 aromatic heterocycles. The third-order valence-electron chi connectivity index (χ3n) is 2.09. The third-order valence-corrected chi connectivity index (χ3v) is 2.47. The van der Waals surface area contributed by atoms with Crippen LogP contribution in [-0.2, 0) is 16.1 Å². The van der Waals surface area contributed by atoms with E-state index in [2.05, 4.69) is 5.10 Å². The third kappa shape index (κ3) is 2.66. The van der Waals surface area contributed by atoms with E-state index in [4.69, 9.17) is 22.1 Å². The fourth-order valence-corrected chi connectivity index (χ4v) is 1.64. The molecule has 0 aliphatic carbocycles. The second-order valence-electron chi connectivity index (χ2n) is 3.70. The Morgan fingerprint density at radius 3 is 2.69 bits per heavy atom. The molecular formula is C10H16ClN3O2. The van der Waals surface area contributed by atoms with Crippen LogP contribution in [0.2, 0.25) is 5.02 Å². The van der Waals surface area contributed by atoms with Crippen LogP contribution >= 0.6 is 11.6 Å². The van der Waals surface area contributed by atoms with Crippen LogP contribution in [0, 0.1) is 0 Å². The zero-order valence-corrected chi connectivity index (χ0v) is 10.4. The van der Waals surface area contributed by atoms with Crippen molar-refractivity contribution in [2.24, 2.45) is 0 Å². The number of esters is 1. The molecule has 0 bridgehead atoms. The number of carbonyl (C=O) groups is 1. The summed E-state index contributed by atoms with van der Waals surface area (Å²) in [6.07, 6.45) is 0. The molecule has 0 radical (unpaired) electrons. The number of nitrogen functional groups attached to an aromatic ring is 1. The highest BCUT2D eigenvalue weighted by atomic mass is 35.5. The molecule has 2 N–H and O–H groups in total. The van der Waals surface area contributed by atoms with E-state index in [1.165, 1.54) is 4.68 Å². The van der Waals surface area contributed by atoms with Gasteiger partial charge in [-0.2, -0.15) is 5.10 Å². The first-order valence-electron chi connectivity index (χ1n) is 5.14. The highest BCUT2D eigenvalue weighted by molar-refractivity contribution is 6.33. The highest BCUT2D eigenvalue weighted by Crippen LogP contribution is 2.28. The van der Waals surface area contributed by atoms with Gasteiger partial charge in [0.05, 0.1) is 12.3 Å². The summed E-state index contributed by atoms with van der Waals surface area (Å²) in [5.74, 6) is 0.0975. The number of nitrogens with two attached hydrogens (primary N) is 1. The maximum atomic E-state index is 11.3. The largest absolute Gasteiger partial charge is 0.465 e. The van der Waals surface area contributed by atoms with Gasteiger partial charge < -0.3 is 10.5 Å². The van der Waals surface area contributed by atoms with Gasteiger partial charge in [-0.25, -0.2) is 4.68 Å². The molecule has 1 heterocycles. The quantitative estimate of drug-likeness (QED) is 0.822. The monoisotopic (exact) mass is 245 g/mol. The molecule has 0 amide bonds.